The highest BCUT2D eigenvalue weighted by Crippen LogP contribution is 2.27. The van der Waals surface area contributed by atoms with E-state index >= 15 is 0 Å². The van der Waals surface area contributed by atoms with Gasteiger partial charge in [-0.1, -0.05) is 12.8 Å². The summed E-state index contributed by atoms with van der Waals surface area (Å²) in [5, 5.41) is 14.1. The van der Waals surface area contributed by atoms with E-state index in [1.54, 1.807) is 11.4 Å². The van der Waals surface area contributed by atoms with E-state index in [1.807, 2.05) is 0 Å². The molecule has 94 valence electrons. The van der Waals surface area contributed by atoms with Crippen molar-refractivity contribution >= 4 is 17.3 Å². The van der Waals surface area contributed by atoms with Gasteiger partial charge in [-0.2, -0.15) is 0 Å². The molecule has 1 atom stereocenters. The molecule has 1 aromatic heterocycles. The molecule has 2 rings (SSSR count). The van der Waals surface area contributed by atoms with Crippen molar-refractivity contribution in [3.05, 3.63) is 21.9 Å². The largest absolute Gasteiger partial charge is 0.478 e. The lowest BCUT2D eigenvalue weighted by molar-refractivity contribution is 0.0697. The summed E-state index contributed by atoms with van der Waals surface area (Å²) in [7, 11) is 0. The molecule has 3 nitrogen and oxygen atoms in total. The quantitative estimate of drug-likeness (QED) is 0.847. The second-order valence-electron chi connectivity index (χ2n) is 4.82. The van der Waals surface area contributed by atoms with E-state index in [1.165, 1.54) is 37.0 Å². The Balaban J connectivity index is 1.82. The third-order valence-corrected chi connectivity index (χ3v) is 4.54. The number of hydrogen-bond donors (Lipinski definition) is 2. The van der Waals surface area contributed by atoms with Crippen molar-refractivity contribution in [1.82, 2.24) is 5.32 Å². The van der Waals surface area contributed by atoms with Crippen molar-refractivity contribution in [2.75, 3.05) is 0 Å². The molecule has 0 spiro atoms. The molecule has 1 saturated carbocycles. The molecule has 0 aromatic carbocycles. The molecule has 17 heavy (non-hydrogen) atoms. The van der Waals surface area contributed by atoms with Gasteiger partial charge < -0.3 is 10.4 Å². The number of nitrogens with one attached hydrogen (secondary N) is 1. The Morgan fingerprint density at radius 3 is 2.88 bits per heavy atom. The zero-order valence-corrected chi connectivity index (χ0v) is 10.9. The van der Waals surface area contributed by atoms with E-state index < -0.39 is 5.97 Å². The Kier molecular flexibility index (Phi) is 4.18. The number of carboxylic acids is 1. The topological polar surface area (TPSA) is 49.3 Å². The summed E-state index contributed by atoms with van der Waals surface area (Å²) < 4.78 is 0. The zero-order chi connectivity index (χ0) is 12.3. The lowest BCUT2D eigenvalue weighted by Crippen LogP contribution is -2.31. The van der Waals surface area contributed by atoms with Crippen LogP contribution >= 0.6 is 11.3 Å². The van der Waals surface area contributed by atoms with E-state index in [0.29, 0.717) is 11.6 Å². The van der Waals surface area contributed by atoms with Crippen LogP contribution in [-0.4, -0.2) is 17.1 Å². The second kappa shape index (κ2) is 5.65. The first-order valence-corrected chi connectivity index (χ1v) is 7.09. The second-order valence-corrected chi connectivity index (χ2v) is 5.82. The third kappa shape index (κ3) is 3.30. The van der Waals surface area contributed by atoms with Crippen molar-refractivity contribution in [3.63, 3.8) is 0 Å². The molecule has 1 aliphatic rings. The smallest absolute Gasteiger partial charge is 0.336 e. The van der Waals surface area contributed by atoms with Crippen LogP contribution in [0.4, 0.5) is 0 Å². The van der Waals surface area contributed by atoms with Gasteiger partial charge in [0, 0.05) is 22.8 Å². The van der Waals surface area contributed by atoms with Gasteiger partial charge in [0.15, 0.2) is 0 Å². The molecule has 1 aliphatic carbocycles. The number of carboxylic acid groups (broad SMARTS) is 1. The maximum Gasteiger partial charge on any atom is 0.336 e. The van der Waals surface area contributed by atoms with Gasteiger partial charge in [0.2, 0.25) is 0 Å². The van der Waals surface area contributed by atoms with Crippen molar-refractivity contribution in [2.45, 2.75) is 45.2 Å². The molecule has 1 aromatic rings. The summed E-state index contributed by atoms with van der Waals surface area (Å²) in [5.74, 6) is -0.0368. The van der Waals surface area contributed by atoms with Crippen molar-refractivity contribution in [3.8, 4) is 0 Å². The first kappa shape index (κ1) is 12.6. The van der Waals surface area contributed by atoms with Gasteiger partial charge in [-0.05, 0) is 31.7 Å². The summed E-state index contributed by atoms with van der Waals surface area (Å²) in [6.07, 6.45) is 5.38. The number of thiophene rings is 1. The number of hydrogen-bond acceptors (Lipinski definition) is 3. The molecule has 4 heteroatoms. The van der Waals surface area contributed by atoms with Gasteiger partial charge in [0.25, 0.3) is 0 Å². The van der Waals surface area contributed by atoms with E-state index in [2.05, 4.69) is 12.2 Å². The molecule has 0 amide bonds. The summed E-state index contributed by atoms with van der Waals surface area (Å²) in [4.78, 5) is 11.9. The molecule has 1 fully saturated rings. The highest BCUT2D eigenvalue weighted by Gasteiger charge is 2.21. The Bertz CT molecular complexity index is 383. The van der Waals surface area contributed by atoms with Crippen LogP contribution in [0.2, 0.25) is 0 Å². The highest BCUT2D eigenvalue weighted by molar-refractivity contribution is 7.10. The molecule has 1 heterocycles. The number of rotatable bonds is 5. The van der Waals surface area contributed by atoms with Gasteiger partial charge in [-0.15, -0.1) is 11.3 Å². The first-order valence-electron chi connectivity index (χ1n) is 6.21. The molecular formula is C13H19NO2S. The standard InChI is InChI=1S/C13H19NO2S/c1-9(10-4-2-3-5-10)14-7-12-6-11(8-17-12)13(15)16/h6,8-10,14H,2-5,7H2,1H3,(H,15,16)/t9-/m1/s1. The van der Waals surface area contributed by atoms with Crippen LogP contribution in [0.1, 0.15) is 47.8 Å². The van der Waals surface area contributed by atoms with Crippen LogP contribution < -0.4 is 5.32 Å². The van der Waals surface area contributed by atoms with Crippen molar-refractivity contribution in [2.24, 2.45) is 5.92 Å². The Hall–Kier alpha value is -0.870. The van der Waals surface area contributed by atoms with Gasteiger partial charge in [-0.25, -0.2) is 4.79 Å². The summed E-state index contributed by atoms with van der Waals surface area (Å²) >= 11 is 1.52. The Morgan fingerprint density at radius 2 is 2.29 bits per heavy atom. The van der Waals surface area contributed by atoms with E-state index in [0.717, 1.165) is 17.3 Å². The molecule has 0 aliphatic heterocycles. The minimum absolute atomic E-state index is 0.403. The van der Waals surface area contributed by atoms with Gasteiger partial charge >= 0.3 is 5.97 Å². The molecule has 0 bridgehead atoms. The fourth-order valence-corrected chi connectivity index (χ4v) is 3.28. The van der Waals surface area contributed by atoms with Crippen LogP contribution in [-0.2, 0) is 6.54 Å². The fraction of sp³-hybridized carbons (Fsp3) is 0.615. The number of carbonyl (C=O) groups is 1. The minimum atomic E-state index is -0.837. The highest BCUT2D eigenvalue weighted by atomic mass is 32.1. The minimum Gasteiger partial charge on any atom is -0.478 e. The average molecular weight is 253 g/mol. The maximum atomic E-state index is 10.7. The summed E-state index contributed by atoms with van der Waals surface area (Å²) in [6.45, 7) is 3.03. The maximum absolute atomic E-state index is 10.7. The predicted octanol–water partition coefficient (Wildman–Crippen LogP) is 3.11. The molecular weight excluding hydrogens is 234 g/mol. The number of aromatic carboxylic acids is 1. The third-order valence-electron chi connectivity index (χ3n) is 3.61. The molecule has 0 saturated heterocycles. The monoisotopic (exact) mass is 253 g/mol. The first-order chi connectivity index (χ1) is 8.16. The van der Waals surface area contributed by atoms with Gasteiger partial charge in [0.05, 0.1) is 5.56 Å². The van der Waals surface area contributed by atoms with Gasteiger partial charge in [-0.3, -0.25) is 0 Å². The van der Waals surface area contributed by atoms with Crippen molar-refractivity contribution < 1.29 is 9.90 Å². The summed E-state index contributed by atoms with van der Waals surface area (Å²) in [6, 6.07) is 2.30. The lowest BCUT2D eigenvalue weighted by Gasteiger charge is -2.19. The van der Waals surface area contributed by atoms with Crippen LogP contribution in [0.3, 0.4) is 0 Å². The summed E-state index contributed by atoms with van der Waals surface area (Å²) in [5.41, 5.74) is 0.403. The predicted molar refractivity (Wildman–Crippen MR) is 69.5 cm³/mol. The Morgan fingerprint density at radius 1 is 1.59 bits per heavy atom. The van der Waals surface area contributed by atoms with Crippen LogP contribution in [0.15, 0.2) is 11.4 Å². The molecule has 2 N–H and O–H groups in total. The van der Waals surface area contributed by atoms with Gasteiger partial charge in [0.1, 0.15) is 0 Å². The molecule has 0 radical (unpaired) electrons. The fourth-order valence-electron chi connectivity index (χ4n) is 2.47. The van der Waals surface area contributed by atoms with Crippen LogP contribution in [0.5, 0.6) is 0 Å². The van der Waals surface area contributed by atoms with Crippen LogP contribution in [0, 0.1) is 5.92 Å². The Labute approximate surface area is 106 Å². The van der Waals surface area contributed by atoms with E-state index in [4.69, 9.17) is 5.11 Å². The SMILES string of the molecule is C[C@@H](NCc1cc(C(=O)O)cs1)C1CCCC1. The van der Waals surface area contributed by atoms with Crippen molar-refractivity contribution in [1.29, 1.82) is 0 Å². The normalized spacial score (nSPS) is 18.4. The molecule has 0 unspecified atom stereocenters. The van der Waals surface area contributed by atoms with Crippen LogP contribution in [0.25, 0.3) is 0 Å². The van der Waals surface area contributed by atoms with E-state index in [-0.39, 0.29) is 0 Å². The average Bonchev–Trinajstić information content (AvgIpc) is 2.97. The van der Waals surface area contributed by atoms with E-state index in [9.17, 15) is 4.79 Å². The zero-order valence-electron chi connectivity index (χ0n) is 10.1. The lowest BCUT2D eigenvalue weighted by atomic mass is 10.00.